The van der Waals surface area contributed by atoms with E-state index in [-0.39, 0.29) is 11.5 Å². The zero-order valence-corrected chi connectivity index (χ0v) is 11.1. The van der Waals surface area contributed by atoms with Gasteiger partial charge in [0.15, 0.2) is 0 Å². The molecule has 0 atom stereocenters. The van der Waals surface area contributed by atoms with Gasteiger partial charge in [-0.2, -0.15) is 0 Å². The van der Waals surface area contributed by atoms with Crippen LogP contribution in [0.5, 0.6) is 11.5 Å². The fraction of sp³-hybridized carbons (Fsp3) is 0. The Bertz CT molecular complexity index is 967. The molecule has 4 aromatic rings. The molecule has 0 aliphatic carbocycles. The van der Waals surface area contributed by atoms with Crippen LogP contribution in [0.2, 0.25) is 0 Å². The average Bonchev–Trinajstić information content (AvgIpc) is 2.88. The van der Waals surface area contributed by atoms with E-state index in [1.165, 1.54) is 18.2 Å². The van der Waals surface area contributed by atoms with Crippen molar-refractivity contribution in [1.82, 2.24) is 0 Å². The molecule has 0 aliphatic heterocycles. The Balaban J connectivity index is 2.12. The third kappa shape index (κ3) is 1.75. The Hall–Kier alpha value is -2.94. The molecule has 4 rings (SSSR count). The lowest BCUT2D eigenvalue weighted by Gasteiger charge is -2.06. The number of rotatable bonds is 1. The van der Waals surface area contributed by atoms with Crippen molar-refractivity contribution in [2.24, 2.45) is 0 Å². The van der Waals surface area contributed by atoms with Crippen molar-refractivity contribution in [2.45, 2.75) is 0 Å². The highest BCUT2D eigenvalue weighted by atomic mass is 16.3. The number of benzene rings is 3. The van der Waals surface area contributed by atoms with Crippen molar-refractivity contribution in [3.63, 3.8) is 0 Å². The van der Waals surface area contributed by atoms with E-state index in [1.54, 1.807) is 0 Å². The van der Waals surface area contributed by atoms with Gasteiger partial charge in [0.1, 0.15) is 22.7 Å². The number of furan rings is 1. The smallest absolute Gasteiger partial charge is 0.143 e. The molecule has 0 fully saturated rings. The van der Waals surface area contributed by atoms with Crippen molar-refractivity contribution in [1.29, 1.82) is 0 Å². The highest BCUT2D eigenvalue weighted by molar-refractivity contribution is 6.09. The second-order valence-electron chi connectivity index (χ2n) is 4.98. The summed E-state index contributed by atoms with van der Waals surface area (Å²) < 4.78 is 5.94. The van der Waals surface area contributed by atoms with Crippen LogP contribution in [0.4, 0.5) is 0 Å². The first-order valence-electron chi connectivity index (χ1n) is 6.66. The first kappa shape index (κ1) is 11.9. The van der Waals surface area contributed by atoms with Crippen molar-refractivity contribution >= 4 is 21.9 Å². The molecule has 2 N–H and O–H groups in total. The maximum Gasteiger partial charge on any atom is 0.143 e. The molecule has 0 aliphatic rings. The van der Waals surface area contributed by atoms with E-state index in [9.17, 15) is 10.2 Å². The molecule has 3 aromatic carbocycles. The van der Waals surface area contributed by atoms with Gasteiger partial charge in [0.25, 0.3) is 0 Å². The number of phenolic OH excluding ortho intramolecular Hbond substituents is 2. The summed E-state index contributed by atoms with van der Waals surface area (Å²) in [5.74, 6) is 0.219. The lowest BCUT2D eigenvalue weighted by atomic mass is 10.0. The number of hydrogen-bond acceptors (Lipinski definition) is 3. The Morgan fingerprint density at radius 2 is 1.52 bits per heavy atom. The molecule has 102 valence electrons. The van der Waals surface area contributed by atoms with Crippen LogP contribution in [-0.2, 0) is 0 Å². The van der Waals surface area contributed by atoms with Crippen LogP contribution in [0.1, 0.15) is 0 Å². The molecule has 0 unspecified atom stereocenters. The lowest BCUT2D eigenvalue weighted by molar-refractivity contribution is 0.462. The van der Waals surface area contributed by atoms with Gasteiger partial charge >= 0.3 is 0 Å². The van der Waals surface area contributed by atoms with Crippen LogP contribution in [0.3, 0.4) is 0 Å². The standard InChI is InChI=1S/C18H12O3/c19-11-8-9-16(20)15(10-11)14-6-3-5-13-12-4-1-2-7-17(12)21-18(13)14/h1-10,19-20H. The van der Waals surface area contributed by atoms with Crippen molar-refractivity contribution in [3.05, 3.63) is 60.7 Å². The third-order valence-corrected chi connectivity index (χ3v) is 3.67. The summed E-state index contributed by atoms with van der Waals surface area (Å²) in [4.78, 5) is 0. The Labute approximate surface area is 120 Å². The topological polar surface area (TPSA) is 53.6 Å². The van der Waals surface area contributed by atoms with Crippen LogP contribution in [0, 0.1) is 0 Å². The summed E-state index contributed by atoms with van der Waals surface area (Å²) in [5, 5.41) is 21.8. The number of fused-ring (bicyclic) bond motifs is 3. The van der Waals surface area contributed by atoms with Crippen LogP contribution >= 0.6 is 0 Å². The first-order valence-corrected chi connectivity index (χ1v) is 6.66. The van der Waals surface area contributed by atoms with E-state index in [0.717, 1.165) is 21.9 Å². The Morgan fingerprint density at radius 3 is 2.43 bits per heavy atom. The van der Waals surface area contributed by atoms with Gasteiger partial charge in [0.2, 0.25) is 0 Å². The van der Waals surface area contributed by atoms with Crippen LogP contribution in [0.25, 0.3) is 33.1 Å². The van der Waals surface area contributed by atoms with Crippen LogP contribution in [-0.4, -0.2) is 10.2 Å². The minimum absolute atomic E-state index is 0.107. The minimum Gasteiger partial charge on any atom is -0.508 e. The predicted molar refractivity (Wildman–Crippen MR) is 82.5 cm³/mol. The van der Waals surface area contributed by atoms with E-state index in [1.807, 2.05) is 42.5 Å². The molecule has 0 saturated heterocycles. The molecule has 0 saturated carbocycles. The van der Waals surface area contributed by atoms with Crippen LogP contribution < -0.4 is 0 Å². The molecular weight excluding hydrogens is 264 g/mol. The number of phenols is 2. The van der Waals surface area contributed by atoms with Gasteiger partial charge in [-0.05, 0) is 24.3 Å². The molecule has 1 heterocycles. The Morgan fingerprint density at radius 1 is 0.714 bits per heavy atom. The van der Waals surface area contributed by atoms with E-state index in [4.69, 9.17) is 4.42 Å². The molecule has 0 spiro atoms. The number of hydrogen-bond donors (Lipinski definition) is 2. The van der Waals surface area contributed by atoms with Gasteiger partial charge in [0, 0.05) is 21.9 Å². The maximum absolute atomic E-state index is 10.1. The van der Waals surface area contributed by atoms with Crippen LogP contribution in [0.15, 0.2) is 65.1 Å². The van der Waals surface area contributed by atoms with Gasteiger partial charge in [-0.3, -0.25) is 0 Å². The maximum atomic E-state index is 10.1. The summed E-state index contributed by atoms with van der Waals surface area (Å²) in [6.45, 7) is 0. The van der Waals surface area contributed by atoms with Crippen molar-refractivity contribution in [3.8, 4) is 22.6 Å². The Kier molecular flexibility index (Phi) is 2.42. The van der Waals surface area contributed by atoms with E-state index in [2.05, 4.69) is 0 Å². The minimum atomic E-state index is 0.107. The molecule has 0 radical (unpaired) electrons. The molecule has 21 heavy (non-hydrogen) atoms. The zero-order valence-electron chi connectivity index (χ0n) is 11.1. The van der Waals surface area contributed by atoms with E-state index >= 15 is 0 Å². The summed E-state index contributed by atoms with van der Waals surface area (Å²) in [7, 11) is 0. The number of aromatic hydroxyl groups is 2. The largest absolute Gasteiger partial charge is 0.508 e. The molecule has 0 amide bonds. The highest BCUT2D eigenvalue weighted by Crippen LogP contribution is 2.39. The average molecular weight is 276 g/mol. The number of para-hydroxylation sites is 2. The first-order chi connectivity index (χ1) is 10.2. The summed E-state index contributed by atoms with van der Waals surface area (Å²) in [5.41, 5.74) is 2.83. The van der Waals surface area contributed by atoms with E-state index < -0.39 is 0 Å². The molecule has 3 nitrogen and oxygen atoms in total. The fourth-order valence-corrected chi connectivity index (χ4v) is 2.70. The van der Waals surface area contributed by atoms with E-state index in [0.29, 0.717) is 11.1 Å². The molecule has 0 bridgehead atoms. The SMILES string of the molecule is Oc1ccc(O)c(-c2cccc3c2oc2ccccc23)c1. The fourth-order valence-electron chi connectivity index (χ4n) is 2.70. The quantitative estimate of drug-likeness (QED) is 0.497. The van der Waals surface area contributed by atoms with Gasteiger partial charge in [-0.1, -0.05) is 36.4 Å². The van der Waals surface area contributed by atoms with Crippen molar-refractivity contribution in [2.75, 3.05) is 0 Å². The third-order valence-electron chi connectivity index (χ3n) is 3.67. The van der Waals surface area contributed by atoms with Gasteiger partial charge < -0.3 is 14.6 Å². The predicted octanol–water partition coefficient (Wildman–Crippen LogP) is 4.66. The highest BCUT2D eigenvalue weighted by Gasteiger charge is 2.14. The molecule has 3 heteroatoms. The second kappa shape index (κ2) is 4.28. The monoisotopic (exact) mass is 276 g/mol. The van der Waals surface area contributed by atoms with Gasteiger partial charge in [0.05, 0.1) is 0 Å². The summed E-state index contributed by atoms with van der Waals surface area (Å²) in [6.07, 6.45) is 0. The summed E-state index contributed by atoms with van der Waals surface area (Å²) in [6, 6.07) is 18.1. The molecule has 1 aromatic heterocycles. The normalized spacial score (nSPS) is 11.2. The van der Waals surface area contributed by atoms with Gasteiger partial charge in [-0.25, -0.2) is 0 Å². The zero-order chi connectivity index (χ0) is 14.4. The lowest BCUT2D eigenvalue weighted by Crippen LogP contribution is -1.80. The van der Waals surface area contributed by atoms with Gasteiger partial charge in [-0.15, -0.1) is 0 Å². The van der Waals surface area contributed by atoms with Crippen molar-refractivity contribution < 1.29 is 14.6 Å². The molecular formula is C18H12O3. The summed E-state index contributed by atoms with van der Waals surface area (Å²) >= 11 is 0. The second-order valence-corrected chi connectivity index (χ2v) is 4.98.